The highest BCUT2D eigenvalue weighted by atomic mass is 79.9. The van der Waals surface area contributed by atoms with E-state index in [1.54, 1.807) is 6.07 Å². The SMILES string of the molecule is O=C(O)c1ccc(Br)c2c1OCO2. The highest BCUT2D eigenvalue weighted by molar-refractivity contribution is 9.10. The van der Waals surface area contributed by atoms with E-state index in [0.717, 1.165) is 0 Å². The van der Waals surface area contributed by atoms with Crippen LogP contribution in [-0.4, -0.2) is 17.9 Å². The van der Waals surface area contributed by atoms with Crippen LogP contribution in [0.15, 0.2) is 16.6 Å². The van der Waals surface area contributed by atoms with Gasteiger partial charge in [-0.3, -0.25) is 0 Å². The molecule has 0 atom stereocenters. The van der Waals surface area contributed by atoms with E-state index in [9.17, 15) is 4.79 Å². The zero-order chi connectivity index (χ0) is 9.42. The van der Waals surface area contributed by atoms with E-state index in [1.165, 1.54) is 6.07 Å². The Morgan fingerprint density at radius 1 is 1.38 bits per heavy atom. The molecule has 1 aromatic carbocycles. The molecular weight excluding hydrogens is 240 g/mol. The fourth-order valence-corrected chi connectivity index (χ4v) is 1.56. The second kappa shape index (κ2) is 2.92. The maximum Gasteiger partial charge on any atom is 0.339 e. The zero-order valence-electron chi connectivity index (χ0n) is 6.41. The summed E-state index contributed by atoms with van der Waals surface area (Å²) < 4.78 is 10.8. The first-order valence-electron chi connectivity index (χ1n) is 3.51. The van der Waals surface area contributed by atoms with Gasteiger partial charge in [-0.25, -0.2) is 4.79 Å². The van der Waals surface area contributed by atoms with Crippen LogP contribution in [0.25, 0.3) is 0 Å². The Hall–Kier alpha value is -1.23. The number of benzene rings is 1. The van der Waals surface area contributed by atoms with Crippen LogP contribution >= 0.6 is 15.9 Å². The molecule has 1 aliphatic heterocycles. The second-order valence-corrected chi connectivity index (χ2v) is 3.32. The monoisotopic (exact) mass is 244 g/mol. The van der Waals surface area contributed by atoms with Crippen LogP contribution in [0.3, 0.4) is 0 Å². The number of ether oxygens (including phenoxy) is 2. The minimum Gasteiger partial charge on any atom is -0.478 e. The molecule has 1 N–H and O–H groups in total. The van der Waals surface area contributed by atoms with Gasteiger partial charge in [-0.1, -0.05) is 0 Å². The maximum absolute atomic E-state index is 10.7. The molecule has 1 aliphatic rings. The number of hydrogen-bond donors (Lipinski definition) is 1. The molecule has 1 heterocycles. The molecule has 13 heavy (non-hydrogen) atoms. The Bertz CT molecular complexity index is 375. The third-order valence-electron chi connectivity index (χ3n) is 1.70. The first kappa shape index (κ1) is 8.37. The van der Waals surface area contributed by atoms with Crippen molar-refractivity contribution in [1.82, 2.24) is 0 Å². The second-order valence-electron chi connectivity index (χ2n) is 2.46. The summed E-state index contributed by atoms with van der Waals surface area (Å²) in [6.45, 7) is 0.0677. The lowest BCUT2D eigenvalue weighted by molar-refractivity contribution is 0.0692. The molecule has 0 fully saturated rings. The standard InChI is InChI=1S/C8H5BrO4/c9-5-2-1-4(8(10)11)6-7(5)13-3-12-6/h1-2H,3H2,(H,10,11). The van der Waals surface area contributed by atoms with Crippen molar-refractivity contribution < 1.29 is 19.4 Å². The molecule has 5 heteroatoms. The van der Waals surface area contributed by atoms with Crippen LogP contribution in [0, 0.1) is 0 Å². The van der Waals surface area contributed by atoms with Crippen LogP contribution in [0.4, 0.5) is 0 Å². The summed E-state index contributed by atoms with van der Waals surface area (Å²) >= 11 is 3.23. The quantitative estimate of drug-likeness (QED) is 0.820. The fraction of sp³-hybridized carbons (Fsp3) is 0.125. The van der Waals surface area contributed by atoms with E-state index < -0.39 is 5.97 Å². The molecule has 0 radical (unpaired) electrons. The fourth-order valence-electron chi connectivity index (χ4n) is 1.13. The van der Waals surface area contributed by atoms with Crippen molar-refractivity contribution in [3.8, 4) is 11.5 Å². The number of fused-ring (bicyclic) bond motifs is 1. The average Bonchev–Trinajstić information content (AvgIpc) is 2.53. The smallest absolute Gasteiger partial charge is 0.339 e. The third-order valence-corrected chi connectivity index (χ3v) is 2.33. The van der Waals surface area contributed by atoms with E-state index >= 15 is 0 Å². The topological polar surface area (TPSA) is 55.8 Å². The Kier molecular flexibility index (Phi) is 1.88. The summed E-state index contributed by atoms with van der Waals surface area (Å²) in [5.74, 6) is -0.268. The van der Waals surface area contributed by atoms with Crippen LogP contribution in [0.5, 0.6) is 11.5 Å². The molecule has 0 saturated carbocycles. The van der Waals surface area contributed by atoms with Crippen LogP contribution < -0.4 is 9.47 Å². The van der Waals surface area contributed by atoms with E-state index in [4.69, 9.17) is 14.6 Å². The molecule has 68 valence electrons. The van der Waals surface area contributed by atoms with Crippen molar-refractivity contribution >= 4 is 21.9 Å². The lowest BCUT2D eigenvalue weighted by atomic mass is 10.2. The Morgan fingerprint density at radius 2 is 2.08 bits per heavy atom. The Balaban J connectivity index is 2.62. The molecule has 0 unspecified atom stereocenters. The maximum atomic E-state index is 10.7. The number of aromatic carboxylic acids is 1. The number of rotatable bonds is 1. The van der Waals surface area contributed by atoms with Gasteiger partial charge >= 0.3 is 5.97 Å². The summed E-state index contributed by atoms with van der Waals surface area (Å²) in [7, 11) is 0. The van der Waals surface area contributed by atoms with Crippen molar-refractivity contribution in [2.75, 3.05) is 6.79 Å². The summed E-state index contributed by atoms with van der Waals surface area (Å²) in [4.78, 5) is 10.7. The van der Waals surface area contributed by atoms with E-state index in [0.29, 0.717) is 16.0 Å². The number of carboxylic acid groups (broad SMARTS) is 1. The molecule has 0 bridgehead atoms. The summed E-state index contributed by atoms with van der Waals surface area (Å²) in [5.41, 5.74) is 0.121. The summed E-state index contributed by atoms with van der Waals surface area (Å²) in [6.07, 6.45) is 0. The molecule has 0 spiro atoms. The minimum absolute atomic E-state index is 0.0677. The minimum atomic E-state index is -1.02. The molecule has 0 amide bonds. The lowest BCUT2D eigenvalue weighted by Crippen LogP contribution is -1.99. The van der Waals surface area contributed by atoms with Crippen molar-refractivity contribution in [1.29, 1.82) is 0 Å². The van der Waals surface area contributed by atoms with Crippen molar-refractivity contribution in [2.45, 2.75) is 0 Å². The predicted octanol–water partition coefficient (Wildman–Crippen LogP) is 1.88. The van der Waals surface area contributed by atoms with Gasteiger partial charge in [0, 0.05) is 0 Å². The third kappa shape index (κ3) is 1.25. The first-order valence-corrected chi connectivity index (χ1v) is 4.31. The number of carbonyl (C=O) groups is 1. The van der Waals surface area contributed by atoms with E-state index in [2.05, 4.69) is 15.9 Å². The van der Waals surface area contributed by atoms with Gasteiger partial charge < -0.3 is 14.6 Å². The van der Waals surface area contributed by atoms with Gasteiger partial charge in [0.1, 0.15) is 5.56 Å². The average molecular weight is 245 g/mol. The molecular formula is C8H5BrO4. The number of carboxylic acids is 1. The van der Waals surface area contributed by atoms with Gasteiger partial charge in [0.15, 0.2) is 11.5 Å². The van der Waals surface area contributed by atoms with Crippen LogP contribution in [-0.2, 0) is 0 Å². The molecule has 4 nitrogen and oxygen atoms in total. The molecule has 1 aromatic rings. The molecule has 0 aromatic heterocycles. The van der Waals surface area contributed by atoms with Gasteiger partial charge in [-0.2, -0.15) is 0 Å². The summed E-state index contributed by atoms with van der Waals surface area (Å²) in [6, 6.07) is 3.09. The molecule has 2 rings (SSSR count). The largest absolute Gasteiger partial charge is 0.478 e. The van der Waals surface area contributed by atoms with Gasteiger partial charge in [-0.15, -0.1) is 0 Å². The van der Waals surface area contributed by atoms with Crippen LogP contribution in [0.2, 0.25) is 0 Å². The lowest BCUT2D eigenvalue weighted by Gasteiger charge is -2.01. The summed E-state index contributed by atoms with van der Waals surface area (Å²) in [5, 5.41) is 8.79. The first-order chi connectivity index (χ1) is 6.20. The number of hydrogen-bond acceptors (Lipinski definition) is 3. The van der Waals surface area contributed by atoms with Gasteiger partial charge in [-0.05, 0) is 28.1 Å². The van der Waals surface area contributed by atoms with Crippen molar-refractivity contribution in [2.24, 2.45) is 0 Å². The highest BCUT2D eigenvalue weighted by Crippen LogP contribution is 2.41. The molecule has 0 aliphatic carbocycles. The Morgan fingerprint density at radius 3 is 2.77 bits per heavy atom. The Labute approximate surface area is 82.2 Å². The molecule has 0 saturated heterocycles. The normalized spacial score (nSPS) is 13.0. The van der Waals surface area contributed by atoms with Crippen molar-refractivity contribution in [3.63, 3.8) is 0 Å². The van der Waals surface area contributed by atoms with Crippen molar-refractivity contribution in [3.05, 3.63) is 22.2 Å². The van der Waals surface area contributed by atoms with Gasteiger partial charge in [0.2, 0.25) is 6.79 Å². The van der Waals surface area contributed by atoms with Gasteiger partial charge in [0.25, 0.3) is 0 Å². The highest BCUT2D eigenvalue weighted by Gasteiger charge is 2.23. The number of halogens is 1. The predicted molar refractivity (Wildman–Crippen MR) is 47.2 cm³/mol. The van der Waals surface area contributed by atoms with Crippen LogP contribution in [0.1, 0.15) is 10.4 Å². The zero-order valence-corrected chi connectivity index (χ0v) is 8.00. The van der Waals surface area contributed by atoms with E-state index in [1.807, 2.05) is 0 Å². The van der Waals surface area contributed by atoms with Gasteiger partial charge in [0.05, 0.1) is 4.47 Å². The van der Waals surface area contributed by atoms with E-state index in [-0.39, 0.29) is 12.4 Å².